The van der Waals surface area contributed by atoms with E-state index in [-0.39, 0.29) is 6.42 Å². The van der Waals surface area contributed by atoms with Crippen molar-refractivity contribution in [3.05, 3.63) is 101 Å². The van der Waals surface area contributed by atoms with Gasteiger partial charge in [0.15, 0.2) is 0 Å². The quantitative estimate of drug-likeness (QED) is 0.607. The van der Waals surface area contributed by atoms with Crippen molar-refractivity contribution in [2.75, 3.05) is 0 Å². The zero-order chi connectivity index (χ0) is 21.3. The van der Waals surface area contributed by atoms with Crippen LogP contribution < -0.4 is 15.8 Å². The minimum atomic E-state index is -0.857. The molecule has 0 aliphatic rings. The molecule has 3 aromatic carbocycles. The van der Waals surface area contributed by atoms with Gasteiger partial charge in [0, 0.05) is 12.0 Å². The number of amides is 2. The molecular weight excluding hydrogens is 378 g/mol. The molecule has 0 saturated carbocycles. The second-order valence-corrected chi connectivity index (χ2v) is 6.74. The zero-order valence-electron chi connectivity index (χ0n) is 16.2. The molecule has 30 heavy (non-hydrogen) atoms. The summed E-state index contributed by atoms with van der Waals surface area (Å²) in [6.07, 6.45) is 0.260. The van der Waals surface area contributed by atoms with Crippen LogP contribution in [0.2, 0.25) is 0 Å². The van der Waals surface area contributed by atoms with E-state index in [1.54, 1.807) is 12.1 Å². The number of benzene rings is 3. The average Bonchev–Trinajstić information content (AvgIpc) is 2.78. The van der Waals surface area contributed by atoms with Crippen LogP contribution in [-0.4, -0.2) is 17.9 Å². The van der Waals surface area contributed by atoms with Crippen LogP contribution in [0.5, 0.6) is 5.75 Å². The van der Waals surface area contributed by atoms with Gasteiger partial charge in [0.05, 0.1) is 11.6 Å². The average molecular weight is 399 g/mol. The third kappa shape index (κ3) is 5.69. The van der Waals surface area contributed by atoms with E-state index in [0.29, 0.717) is 23.5 Å². The largest absolute Gasteiger partial charge is 0.489 e. The lowest BCUT2D eigenvalue weighted by molar-refractivity contribution is -0.119. The van der Waals surface area contributed by atoms with Gasteiger partial charge in [-0.3, -0.25) is 9.59 Å². The molecule has 0 aliphatic heterocycles. The number of carbonyl (C=O) groups is 2. The highest BCUT2D eigenvalue weighted by Crippen LogP contribution is 2.15. The molecule has 0 unspecified atom stereocenters. The van der Waals surface area contributed by atoms with E-state index in [1.807, 2.05) is 60.7 Å². The molecule has 0 fully saturated rings. The van der Waals surface area contributed by atoms with E-state index in [1.165, 1.54) is 12.1 Å². The number of primary amides is 1. The lowest BCUT2D eigenvalue weighted by Crippen LogP contribution is -2.45. The number of nitrogens with two attached hydrogens (primary N) is 1. The van der Waals surface area contributed by atoms with Crippen molar-refractivity contribution in [3.8, 4) is 11.8 Å². The van der Waals surface area contributed by atoms with Crippen molar-refractivity contribution in [3.63, 3.8) is 0 Å². The number of ether oxygens (including phenoxy) is 1. The minimum Gasteiger partial charge on any atom is -0.489 e. The Hall–Kier alpha value is -4.11. The van der Waals surface area contributed by atoms with Crippen molar-refractivity contribution in [2.45, 2.75) is 19.1 Å². The Kier molecular flexibility index (Phi) is 6.80. The van der Waals surface area contributed by atoms with Gasteiger partial charge in [0.25, 0.3) is 5.91 Å². The lowest BCUT2D eigenvalue weighted by Gasteiger charge is -2.16. The monoisotopic (exact) mass is 399 g/mol. The fraction of sp³-hybridized carbons (Fsp3) is 0.125. The summed E-state index contributed by atoms with van der Waals surface area (Å²) in [6.45, 7) is 0.463. The summed E-state index contributed by atoms with van der Waals surface area (Å²) in [4.78, 5) is 24.2. The van der Waals surface area contributed by atoms with Crippen molar-refractivity contribution >= 4 is 11.8 Å². The molecule has 0 saturated heterocycles. The first-order valence-corrected chi connectivity index (χ1v) is 9.41. The standard InChI is InChI=1S/C24H21N3O3/c25-15-18-6-10-20(11-7-18)24(29)27-22(23(26)28)14-17-8-12-21(13-9-17)30-16-19-4-2-1-3-5-19/h1-13,22H,14,16H2,(H2,26,28)(H,27,29)/t22-/m0/s1. The van der Waals surface area contributed by atoms with Crippen LogP contribution in [0.25, 0.3) is 0 Å². The van der Waals surface area contributed by atoms with Gasteiger partial charge in [0.2, 0.25) is 5.91 Å². The number of nitriles is 1. The van der Waals surface area contributed by atoms with Crippen LogP contribution in [0.3, 0.4) is 0 Å². The molecule has 0 aliphatic carbocycles. The van der Waals surface area contributed by atoms with E-state index in [4.69, 9.17) is 15.7 Å². The molecule has 0 spiro atoms. The first-order valence-electron chi connectivity index (χ1n) is 9.41. The Bertz CT molecular complexity index is 1040. The molecule has 0 heterocycles. The predicted octanol–water partition coefficient (Wildman–Crippen LogP) is 2.96. The van der Waals surface area contributed by atoms with Gasteiger partial charge in [-0.15, -0.1) is 0 Å². The van der Waals surface area contributed by atoms with E-state index in [0.717, 1.165) is 11.1 Å². The molecule has 3 rings (SSSR count). The fourth-order valence-electron chi connectivity index (χ4n) is 2.86. The Morgan fingerprint density at radius 2 is 1.60 bits per heavy atom. The third-order valence-corrected chi connectivity index (χ3v) is 4.54. The fourth-order valence-corrected chi connectivity index (χ4v) is 2.86. The molecule has 3 aromatic rings. The molecule has 0 aromatic heterocycles. The van der Waals surface area contributed by atoms with Gasteiger partial charge in [-0.05, 0) is 47.5 Å². The van der Waals surface area contributed by atoms with E-state index in [9.17, 15) is 9.59 Å². The van der Waals surface area contributed by atoms with Gasteiger partial charge < -0.3 is 15.8 Å². The van der Waals surface area contributed by atoms with Gasteiger partial charge in [0.1, 0.15) is 18.4 Å². The van der Waals surface area contributed by atoms with Gasteiger partial charge in [-0.1, -0.05) is 42.5 Å². The summed E-state index contributed by atoms with van der Waals surface area (Å²) in [5, 5.41) is 11.5. The molecular formula is C24H21N3O3. The predicted molar refractivity (Wildman–Crippen MR) is 113 cm³/mol. The number of nitrogens with one attached hydrogen (secondary N) is 1. The summed E-state index contributed by atoms with van der Waals surface area (Å²) in [7, 11) is 0. The topological polar surface area (TPSA) is 105 Å². The molecule has 6 nitrogen and oxygen atoms in total. The Morgan fingerprint density at radius 3 is 2.20 bits per heavy atom. The lowest BCUT2D eigenvalue weighted by atomic mass is 10.0. The summed E-state index contributed by atoms with van der Waals surface area (Å²) in [5.74, 6) is -0.340. The molecule has 6 heteroatoms. The summed E-state index contributed by atoms with van der Waals surface area (Å²) in [5.41, 5.74) is 8.19. The highest BCUT2D eigenvalue weighted by atomic mass is 16.5. The van der Waals surface area contributed by atoms with Crippen molar-refractivity contribution in [1.29, 1.82) is 5.26 Å². The Labute approximate surface area is 174 Å². The number of hydrogen-bond donors (Lipinski definition) is 2. The van der Waals surface area contributed by atoms with Crippen LogP contribution in [0.1, 0.15) is 27.0 Å². The number of hydrogen-bond acceptors (Lipinski definition) is 4. The number of rotatable bonds is 8. The highest BCUT2D eigenvalue weighted by Gasteiger charge is 2.19. The molecule has 0 bridgehead atoms. The minimum absolute atomic E-state index is 0.260. The summed E-state index contributed by atoms with van der Waals surface area (Å²) >= 11 is 0. The van der Waals surface area contributed by atoms with Gasteiger partial charge >= 0.3 is 0 Å². The Balaban J connectivity index is 1.59. The van der Waals surface area contributed by atoms with E-state index >= 15 is 0 Å². The maximum absolute atomic E-state index is 12.4. The van der Waals surface area contributed by atoms with Crippen LogP contribution in [0, 0.1) is 11.3 Å². The van der Waals surface area contributed by atoms with Crippen molar-refractivity contribution in [2.24, 2.45) is 5.73 Å². The number of nitrogens with zero attached hydrogens (tertiary/aromatic N) is 1. The third-order valence-electron chi connectivity index (χ3n) is 4.54. The molecule has 0 radical (unpaired) electrons. The molecule has 3 N–H and O–H groups in total. The maximum Gasteiger partial charge on any atom is 0.251 e. The van der Waals surface area contributed by atoms with E-state index in [2.05, 4.69) is 5.32 Å². The van der Waals surface area contributed by atoms with Crippen molar-refractivity contribution in [1.82, 2.24) is 5.32 Å². The summed E-state index contributed by atoms with van der Waals surface area (Å²) in [6, 6.07) is 24.4. The highest BCUT2D eigenvalue weighted by molar-refractivity contribution is 5.97. The first kappa shape index (κ1) is 20.6. The Morgan fingerprint density at radius 1 is 0.933 bits per heavy atom. The smallest absolute Gasteiger partial charge is 0.251 e. The van der Waals surface area contributed by atoms with Crippen LogP contribution in [0.4, 0.5) is 0 Å². The SMILES string of the molecule is N#Cc1ccc(C(=O)N[C@@H](Cc2ccc(OCc3ccccc3)cc2)C(N)=O)cc1. The second-order valence-electron chi connectivity index (χ2n) is 6.74. The second kappa shape index (κ2) is 9.89. The molecule has 2 amide bonds. The molecule has 1 atom stereocenters. The van der Waals surface area contributed by atoms with Gasteiger partial charge in [-0.25, -0.2) is 0 Å². The number of carbonyl (C=O) groups excluding carboxylic acids is 2. The van der Waals surface area contributed by atoms with E-state index < -0.39 is 17.9 Å². The molecule has 150 valence electrons. The van der Waals surface area contributed by atoms with Crippen LogP contribution in [-0.2, 0) is 17.8 Å². The van der Waals surface area contributed by atoms with Crippen LogP contribution in [0.15, 0.2) is 78.9 Å². The maximum atomic E-state index is 12.4. The first-order chi connectivity index (χ1) is 14.5. The van der Waals surface area contributed by atoms with Crippen molar-refractivity contribution < 1.29 is 14.3 Å². The summed E-state index contributed by atoms with van der Waals surface area (Å²) < 4.78 is 5.76. The normalized spacial score (nSPS) is 11.2. The van der Waals surface area contributed by atoms with Gasteiger partial charge in [-0.2, -0.15) is 5.26 Å². The van der Waals surface area contributed by atoms with Crippen LogP contribution >= 0.6 is 0 Å². The zero-order valence-corrected chi connectivity index (χ0v) is 16.2.